The average Bonchev–Trinajstić information content (AvgIpc) is 2.47. The molecule has 0 spiro atoms. The van der Waals surface area contributed by atoms with E-state index >= 15 is 0 Å². The number of halogens is 3. The van der Waals surface area contributed by atoms with E-state index in [-0.39, 0.29) is 23.5 Å². The van der Waals surface area contributed by atoms with Gasteiger partial charge in [-0.05, 0) is 30.3 Å². The number of carbonyl (C=O) groups is 2. The predicted molar refractivity (Wildman–Crippen MR) is 66.5 cm³/mol. The van der Waals surface area contributed by atoms with E-state index in [1.165, 1.54) is 24.4 Å². The van der Waals surface area contributed by atoms with Gasteiger partial charge >= 0.3 is 6.18 Å². The van der Waals surface area contributed by atoms with Crippen molar-refractivity contribution in [2.45, 2.75) is 6.18 Å². The van der Waals surface area contributed by atoms with E-state index in [2.05, 4.69) is 4.98 Å². The molecule has 0 amide bonds. The number of aromatic nitrogens is 1. The van der Waals surface area contributed by atoms with Gasteiger partial charge in [0.2, 0.25) is 0 Å². The molecule has 1 heterocycles. The first kappa shape index (κ1) is 14.7. The van der Waals surface area contributed by atoms with Gasteiger partial charge in [-0.25, -0.2) is 4.98 Å². The first-order valence-corrected chi connectivity index (χ1v) is 5.69. The van der Waals surface area contributed by atoms with Gasteiger partial charge in [0.05, 0.1) is 11.8 Å². The van der Waals surface area contributed by atoms with Gasteiger partial charge in [0.1, 0.15) is 17.2 Å². The highest BCUT2D eigenvalue weighted by molar-refractivity contribution is 5.78. The Morgan fingerprint density at radius 3 is 2.24 bits per heavy atom. The number of pyridine rings is 1. The molecule has 0 radical (unpaired) electrons. The summed E-state index contributed by atoms with van der Waals surface area (Å²) in [6.45, 7) is 0. The normalized spacial score (nSPS) is 11.0. The largest absolute Gasteiger partial charge is 0.456 e. The fraction of sp³-hybridized carbons (Fsp3) is 0.0714. The van der Waals surface area contributed by atoms with Gasteiger partial charge in [-0.1, -0.05) is 0 Å². The van der Waals surface area contributed by atoms with Crippen molar-refractivity contribution >= 4 is 12.6 Å². The molecule has 0 bridgehead atoms. The van der Waals surface area contributed by atoms with Crippen LogP contribution in [0.25, 0.3) is 0 Å². The van der Waals surface area contributed by atoms with E-state index < -0.39 is 17.3 Å². The summed E-state index contributed by atoms with van der Waals surface area (Å²) < 4.78 is 43.6. The minimum absolute atomic E-state index is 0.0893. The maximum Gasteiger partial charge on any atom is 0.417 e. The van der Waals surface area contributed by atoms with E-state index in [0.717, 1.165) is 12.1 Å². The van der Waals surface area contributed by atoms with Crippen LogP contribution < -0.4 is 4.74 Å². The van der Waals surface area contributed by atoms with Crippen LogP contribution >= 0.6 is 0 Å². The van der Waals surface area contributed by atoms with Crippen LogP contribution in [0.2, 0.25) is 0 Å². The van der Waals surface area contributed by atoms with E-state index in [9.17, 15) is 22.8 Å². The molecule has 21 heavy (non-hydrogen) atoms. The minimum Gasteiger partial charge on any atom is -0.456 e. The molecule has 0 saturated heterocycles. The van der Waals surface area contributed by atoms with Gasteiger partial charge in [0.25, 0.3) is 0 Å². The monoisotopic (exact) mass is 295 g/mol. The van der Waals surface area contributed by atoms with E-state index in [0.29, 0.717) is 6.29 Å². The number of alkyl halides is 3. The summed E-state index contributed by atoms with van der Waals surface area (Å²) in [7, 11) is 0. The van der Waals surface area contributed by atoms with Crippen molar-refractivity contribution in [3.8, 4) is 11.5 Å². The SMILES string of the molecule is O=Cc1ccc(Oc2ccc(C=O)c(C(F)(F)F)c2)cn1. The number of rotatable bonds is 4. The molecule has 2 rings (SSSR count). The maximum atomic E-state index is 12.8. The van der Waals surface area contributed by atoms with Crippen molar-refractivity contribution in [3.63, 3.8) is 0 Å². The minimum atomic E-state index is -4.66. The molecule has 2 aromatic rings. The first-order chi connectivity index (χ1) is 9.94. The Morgan fingerprint density at radius 2 is 1.71 bits per heavy atom. The Morgan fingerprint density at radius 1 is 1.00 bits per heavy atom. The first-order valence-electron chi connectivity index (χ1n) is 5.69. The fourth-order valence-electron chi connectivity index (χ4n) is 1.61. The van der Waals surface area contributed by atoms with Crippen molar-refractivity contribution in [3.05, 3.63) is 53.3 Å². The molecule has 4 nitrogen and oxygen atoms in total. The van der Waals surface area contributed by atoms with Crippen LogP contribution in [-0.2, 0) is 6.18 Å². The van der Waals surface area contributed by atoms with E-state index in [1.807, 2.05) is 0 Å². The molecule has 0 atom stereocenters. The van der Waals surface area contributed by atoms with Crippen molar-refractivity contribution in [2.75, 3.05) is 0 Å². The lowest BCUT2D eigenvalue weighted by atomic mass is 10.1. The lowest BCUT2D eigenvalue weighted by molar-refractivity contribution is -0.137. The lowest BCUT2D eigenvalue weighted by Crippen LogP contribution is -2.09. The van der Waals surface area contributed by atoms with Crippen molar-refractivity contribution < 1.29 is 27.5 Å². The summed E-state index contributed by atoms with van der Waals surface area (Å²) in [6, 6.07) is 5.77. The Kier molecular flexibility index (Phi) is 4.02. The Bertz CT molecular complexity index is 666. The maximum absolute atomic E-state index is 12.8. The predicted octanol–water partition coefficient (Wildman–Crippen LogP) is 3.52. The third kappa shape index (κ3) is 3.44. The zero-order chi connectivity index (χ0) is 15.5. The van der Waals surface area contributed by atoms with Gasteiger partial charge in [-0.2, -0.15) is 13.2 Å². The third-order valence-electron chi connectivity index (χ3n) is 2.57. The highest BCUT2D eigenvalue weighted by Gasteiger charge is 2.33. The van der Waals surface area contributed by atoms with E-state index in [1.54, 1.807) is 0 Å². The number of nitrogens with zero attached hydrogens (tertiary/aromatic N) is 1. The molecular weight excluding hydrogens is 287 g/mol. The van der Waals surface area contributed by atoms with Crippen molar-refractivity contribution in [1.29, 1.82) is 0 Å². The second-order valence-corrected chi connectivity index (χ2v) is 4.00. The Balaban J connectivity index is 2.31. The second kappa shape index (κ2) is 5.74. The quantitative estimate of drug-likeness (QED) is 0.810. The number of hydrogen-bond donors (Lipinski definition) is 0. The highest BCUT2D eigenvalue weighted by Crippen LogP contribution is 2.34. The fourth-order valence-corrected chi connectivity index (χ4v) is 1.61. The molecule has 0 unspecified atom stereocenters. The zero-order valence-corrected chi connectivity index (χ0v) is 10.4. The Hall–Kier alpha value is -2.70. The molecule has 1 aromatic heterocycles. The highest BCUT2D eigenvalue weighted by atomic mass is 19.4. The number of hydrogen-bond acceptors (Lipinski definition) is 4. The van der Waals surface area contributed by atoms with Crippen LogP contribution in [0.5, 0.6) is 11.5 Å². The molecule has 108 valence electrons. The topological polar surface area (TPSA) is 56.3 Å². The van der Waals surface area contributed by atoms with Crippen LogP contribution in [0, 0.1) is 0 Å². The molecule has 0 aliphatic rings. The smallest absolute Gasteiger partial charge is 0.417 e. The molecule has 0 fully saturated rings. The van der Waals surface area contributed by atoms with Crippen LogP contribution in [0.1, 0.15) is 26.4 Å². The molecule has 1 aromatic carbocycles. The van der Waals surface area contributed by atoms with Crippen molar-refractivity contribution in [2.24, 2.45) is 0 Å². The average molecular weight is 295 g/mol. The van der Waals surface area contributed by atoms with Crippen LogP contribution in [-0.4, -0.2) is 17.6 Å². The third-order valence-corrected chi connectivity index (χ3v) is 2.57. The van der Waals surface area contributed by atoms with Crippen molar-refractivity contribution in [1.82, 2.24) is 4.98 Å². The lowest BCUT2D eigenvalue weighted by Gasteiger charge is -2.12. The number of aldehydes is 2. The number of ether oxygens (including phenoxy) is 1. The number of benzene rings is 1. The van der Waals surface area contributed by atoms with Crippen LogP contribution in [0.4, 0.5) is 13.2 Å². The van der Waals surface area contributed by atoms with E-state index in [4.69, 9.17) is 4.74 Å². The molecule has 0 aliphatic carbocycles. The summed E-state index contributed by atoms with van der Waals surface area (Å²) in [5.41, 5.74) is -1.37. The molecular formula is C14H8F3NO3. The standard InChI is InChI=1S/C14H8F3NO3/c15-14(16,17)13-5-11(3-1-9(13)7-19)21-12-4-2-10(8-20)18-6-12/h1-8H. The summed E-state index contributed by atoms with van der Waals surface area (Å²) in [5, 5.41) is 0. The number of carbonyl (C=O) groups excluding carboxylic acids is 2. The molecule has 0 aliphatic heterocycles. The zero-order valence-electron chi connectivity index (χ0n) is 10.4. The van der Waals surface area contributed by atoms with Gasteiger partial charge < -0.3 is 4.74 Å². The van der Waals surface area contributed by atoms with Crippen LogP contribution in [0.15, 0.2) is 36.5 Å². The van der Waals surface area contributed by atoms with Gasteiger partial charge in [0, 0.05) is 5.56 Å². The van der Waals surface area contributed by atoms with Gasteiger partial charge in [0.15, 0.2) is 12.6 Å². The van der Waals surface area contributed by atoms with Gasteiger partial charge in [-0.3, -0.25) is 9.59 Å². The second-order valence-electron chi connectivity index (χ2n) is 4.00. The molecule has 0 N–H and O–H groups in total. The summed E-state index contributed by atoms with van der Waals surface area (Å²) in [6.07, 6.45) is -2.78. The summed E-state index contributed by atoms with van der Waals surface area (Å²) >= 11 is 0. The Labute approximate surface area is 117 Å². The summed E-state index contributed by atoms with van der Waals surface area (Å²) in [4.78, 5) is 24.8. The molecule has 0 saturated carbocycles. The summed E-state index contributed by atoms with van der Waals surface area (Å²) in [5.74, 6) is 0.0844. The molecule has 7 heteroatoms. The van der Waals surface area contributed by atoms with Gasteiger partial charge in [-0.15, -0.1) is 0 Å². The van der Waals surface area contributed by atoms with Crippen LogP contribution in [0.3, 0.4) is 0 Å².